The molecule has 0 unspecified atom stereocenters. The third kappa shape index (κ3) is 7.33. The largest absolute Gasteiger partial charge is 0.416 e. The number of carbonyl (C=O) groups is 1. The molecule has 0 aliphatic rings. The van der Waals surface area contributed by atoms with Crippen LogP contribution in [0.2, 0.25) is 15.2 Å². The van der Waals surface area contributed by atoms with Gasteiger partial charge in [-0.2, -0.15) is 26.3 Å². The molecule has 3 aromatic heterocycles. The fourth-order valence-corrected chi connectivity index (χ4v) is 5.01. The molecule has 2 radical (unpaired) electrons. The topological polar surface area (TPSA) is 95.9 Å². The molecule has 0 aliphatic carbocycles. The Hall–Kier alpha value is -3.27. The van der Waals surface area contributed by atoms with Crippen LogP contribution in [0.25, 0.3) is 11.3 Å². The van der Waals surface area contributed by atoms with Gasteiger partial charge in [-0.3, -0.25) is 9.78 Å². The maximum absolute atomic E-state index is 14.0. The number of aromatic nitrogens is 5. The quantitative estimate of drug-likeness (QED) is 0.106. The fraction of sp³-hybridized carbons (Fsp3) is 0.370. The molecule has 17 heteroatoms. The van der Waals surface area contributed by atoms with Gasteiger partial charge >= 0.3 is 12.4 Å². The highest BCUT2D eigenvalue weighted by Crippen LogP contribution is 2.40. The number of halogens is 8. The fourth-order valence-electron chi connectivity index (χ4n) is 3.93. The summed E-state index contributed by atoms with van der Waals surface area (Å²) in [5.74, 6) is -0.850. The van der Waals surface area contributed by atoms with Gasteiger partial charge in [0.1, 0.15) is 11.3 Å². The molecule has 0 fully saturated rings. The molecule has 0 atom stereocenters. The van der Waals surface area contributed by atoms with Crippen LogP contribution in [0.4, 0.5) is 26.3 Å². The molecular formula is C27H23Cl2F6N5O3Si. The number of hydrogen-bond acceptors (Lipinski definition) is 7. The number of alkyl halides is 6. The summed E-state index contributed by atoms with van der Waals surface area (Å²) in [4.78, 5) is 18.0. The van der Waals surface area contributed by atoms with Crippen LogP contribution in [-0.4, -0.2) is 40.7 Å². The van der Waals surface area contributed by atoms with E-state index in [1.54, 1.807) is 13.8 Å². The van der Waals surface area contributed by atoms with Gasteiger partial charge in [0.25, 0.3) is 0 Å². The van der Waals surface area contributed by atoms with Crippen molar-refractivity contribution in [3.05, 3.63) is 80.5 Å². The van der Waals surface area contributed by atoms with E-state index in [1.165, 1.54) is 18.5 Å². The van der Waals surface area contributed by atoms with Crippen molar-refractivity contribution in [3.63, 3.8) is 0 Å². The van der Waals surface area contributed by atoms with Crippen molar-refractivity contribution < 1.29 is 40.1 Å². The summed E-state index contributed by atoms with van der Waals surface area (Å²) in [5, 5.41) is 11.1. The second-order valence-electron chi connectivity index (χ2n) is 11.2. The second kappa shape index (κ2) is 11.9. The first-order valence-corrected chi connectivity index (χ1v) is 14.3. The van der Waals surface area contributed by atoms with Crippen LogP contribution in [0.5, 0.6) is 0 Å². The molecule has 0 amide bonds. The zero-order valence-electron chi connectivity index (χ0n) is 23.7. The summed E-state index contributed by atoms with van der Waals surface area (Å²) in [6, 6.07) is 2.57. The number of hydrogen-bond donors (Lipinski definition) is 0. The first-order valence-electron chi connectivity index (χ1n) is 12.7. The zero-order chi connectivity index (χ0) is 32.8. The molecular weight excluding hydrogens is 655 g/mol. The normalized spacial score (nSPS) is 13.0. The van der Waals surface area contributed by atoms with Crippen LogP contribution >= 0.6 is 23.2 Å². The Labute approximate surface area is 259 Å². The molecule has 0 spiro atoms. The third-order valence-electron chi connectivity index (χ3n) is 5.98. The highest BCUT2D eigenvalue weighted by atomic mass is 35.5. The van der Waals surface area contributed by atoms with E-state index in [9.17, 15) is 31.1 Å². The summed E-state index contributed by atoms with van der Waals surface area (Å²) >= 11 is 12.8. The van der Waals surface area contributed by atoms with E-state index >= 15 is 0 Å². The lowest BCUT2D eigenvalue weighted by atomic mass is 9.94. The Morgan fingerprint density at radius 2 is 1.61 bits per heavy atom. The van der Waals surface area contributed by atoms with Crippen molar-refractivity contribution in [2.45, 2.75) is 64.2 Å². The summed E-state index contributed by atoms with van der Waals surface area (Å²) in [5.41, 5.74) is -4.97. The van der Waals surface area contributed by atoms with Gasteiger partial charge in [0.05, 0.1) is 28.3 Å². The van der Waals surface area contributed by atoms with Gasteiger partial charge in [-0.25, -0.2) is 4.68 Å². The first kappa shape index (κ1) is 33.6. The predicted octanol–water partition coefficient (Wildman–Crippen LogP) is 8.04. The Balaban J connectivity index is 1.80. The van der Waals surface area contributed by atoms with Crippen molar-refractivity contribution in [3.8, 4) is 11.3 Å². The van der Waals surface area contributed by atoms with Gasteiger partial charge in [0.15, 0.2) is 16.6 Å². The number of rotatable bonds is 8. The van der Waals surface area contributed by atoms with E-state index in [4.69, 9.17) is 32.2 Å². The van der Waals surface area contributed by atoms with Gasteiger partial charge in [-0.15, -0.1) is 5.10 Å². The predicted molar refractivity (Wildman–Crippen MR) is 148 cm³/mol. The molecule has 0 N–H and O–H groups in total. The van der Waals surface area contributed by atoms with Crippen LogP contribution in [0, 0.1) is 0 Å². The molecule has 8 nitrogen and oxygen atoms in total. The third-order valence-corrected chi connectivity index (χ3v) is 7.88. The molecule has 44 heavy (non-hydrogen) atoms. The Kier molecular flexibility index (Phi) is 9.10. The van der Waals surface area contributed by atoms with Crippen molar-refractivity contribution >= 4 is 38.7 Å². The van der Waals surface area contributed by atoms with Gasteiger partial charge in [0.2, 0.25) is 15.5 Å². The lowest BCUT2D eigenvalue weighted by Gasteiger charge is -2.27. The summed E-state index contributed by atoms with van der Waals surface area (Å²) < 4.78 is 92.8. The summed E-state index contributed by atoms with van der Waals surface area (Å²) in [6.07, 6.45) is -7.36. The SMILES string of the molecule is CC(C)(C)[Si]OC(C)(C)c1onc(-c2ccncc2Cl)c1C(=O)c1nnn(Cc2cc(C(F)(F)F)cc(C(F)(F)F)c2)c1Cl. The number of benzene rings is 1. The zero-order valence-corrected chi connectivity index (χ0v) is 26.2. The maximum Gasteiger partial charge on any atom is 0.416 e. The summed E-state index contributed by atoms with van der Waals surface area (Å²) in [6.45, 7) is 8.52. The van der Waals surface area contributed by atoms with E-state index in [0.717, 1.165) is 4.68 Å². The highest BCUT2D eigenvalue weighted by molar-refractivity contribution is 6.35. The Morgan fingerprint density at radius 3 is 2.16 bits per heavy atom. The Morgan fingerprint density at radius 1 is 1.00 bits per heavy atom. The van der Waals surface area contributed by atoms with E-state index in [1.807, 2.05) is 20.8 Å². The number of carbonyl (C=O) groups excluding carboxylic acids is 1. The lowest BCUT2D eigenvalue weighted by molar-refractivity contribution is -0.143. The van der Waals surface area contributed by atoms with Crippen molar-refractivity contribution in [2.75, 3.05) is 0 Å². The minimum Gasteiger partial charge on any atom is -0.405 e. The molecule has 0 bridgehead atoms. The van der Waals surface area contributed by atoms with Crippen LogP contribution < -0.4 is 0 Å². The minimum atomic E-state index is -5.05. The van der Waals surface area contributed by atoms with E-state index in [-0.39, 0.29) is 48.5 Å². The highest BCUT2D eigenvalue weighted by Gasteiger charge is 2.40. The van der Waals surface area contributed by atoms with Crippen LogP contribution in [0.15, 0.2) is 41.2 Å². The molecule has 4 rings (SSSR count). The number of ketones is 1. The van der Waals surface area contributed by atoms with E-state index < -0.39 is 57.8 Å². The average molecular weight is 678 g/mol. The van der Waals surface area contributed by atoms with Crippen molar-refractivity contribution in [1.29, 1.82) is 0 Å². The standard InChI is InChI=1S/C27H23Cl2F6N5O3Si/c1-24(2,3)44-43-25(4,5)22-18(19(38-42-22)16-6-7-36-11-17(16)28)21(41)20-23(29)40(39-37-20)12-13-8-14(26(30,31)32)10-15(9-13)27(33,34)35/h6-11H,12H2,1-5H3. The number of nitrogens with zero attached hydrogens (tertiary/aromatic N) is 5. The molecule has 3 heterocycles. The molecule has 0 aliphatic heterocycles. The van der Waals surface area contributed by atoms with Crippen LogP contribution in [0.3, 0.4) is 0 Å². The molecule has 234 valence electrons. The van der Waals surface area contributed by atoms with Gasteiger partial charge in [-0.05, 0) is 48.7 Å². The average Bonchev–Trinajstić information content (AvgIpc) is 3.51. The van der Waals surface area contributed by atoms with E-state index in [0.29, 0.717) is 12.1 Å². The van der Waals surface area contributed by atoms with Crippen LogP contribution in [-0.2, 0) is 28.9 Å². The van der Waals surface area contributed by atoms with Crippen molar-refractivity contribution in [1.82, 2.24) is 25.1 Å². The summed E-state index contributed by atoms with van der Waals surface area (Å²) in [7, 11) is -0.0302. The molecule has 4 aromatic rings. The molecule has 1 aromatic carbocycles. The van der Waals surface area contributed by atoms with Gasteiger partial charge in [0, 0.05) is 18.0 Å². The Bertz CT molecular complexity index is 1660. The second-order valence-corrected chi connectivity index (χ2v) is 13.9. The van der Waals surface area contributed by atoms with Gasteiger partial charge in [-0.1, -0.05) is 54.3 Å². The van der Waals surface area contributed by atoms with Gasteiger partial charge < -0.3 is 8.95 Å². The number of pyridine rings is 1. The molecule has 0 saturated heterocycles. The van der Waals surface area contributed by atoms with E-state index in [2.05, 4.69) is 20.5 Å². The molecule has 0 saturated carbocycles. The minimum absolute atomic E-state index is 0.000410. The lowest BCUT2D eigenvalue weighted by Crippen LogP contribution is -2.29. The first-order chi connectivity index (χ1) is 20.2. The van der Waals surface area contributed by atoms with Crippen molar-refractivity contribution in [2.24, 2.45) is 0 Å². The monoisotopic (exact) mass is 677 g/mol. The smallest absolute Gasteiger partial charge is 0.405 e. The van der Waals surface area contributed by atoms with Crippen LogP contribution in [0.1, 0.15) is 73.1 Å². The maximum atomic E-state index is 14.0.